The molecule has 1 aliphatic rings. The van der Waals surface area contributed by atoms with E-state index in [4.69, 9.17) is 4.74 Å². The summed E-state index contributed by atoms with van der Waals surface area (Å²) >= 11 is 0. The first kappa shape index (κ1) is 23.7. The number of rotatable bonds is 8. The van der Waals surface area contributed by atoms with Crippen molar-refractivity contribution >= 4 is 5.91 Å². The van der Waals surface area contributed by atoms with Crippen molar-refractivity contribution < 1.29 is 13.9 Å². The quantitative estimate of drug-likeness (QED) is 0.404. The van der Waals surface area contributed by atoms with Gasteiger partial charge in [-0.2, -0.15) is 0 Å². The zero-order valence-electron chi connectivity index (χ0n) is 19.9. The summed E-state index contributed by atoms with van der Waals surface area (Å²) in [7, 11) is 0. The van der Waals surface area contributed by atoms with E-state index in [-0.39, 0.29) is 11.7 Å². The van der Waals surface area contributed by atoms with Crippen LogP contribution in [0.1, 0.15) is 27.6 Å². The zero-order chi connectivity index (χ0) is 24.7. The number of nitrogens with one attached hydrogen (secondary N) is 1. The maximum Gasteiger partial charge on any atom is 0.251 e. The molecule has 1 amide bonds. The summed E-state index contributed by atoms with van der Waals surface area (Å²) < 4.78 is 21.2. The van der Waals surface area contributed by atoms with Crippen LogP contribution < -0.4 is 10.1 Å². The van der Waals surface area contributed by atoms with Gasteiger partial charge in [0.05, 0.1) is 0 Å². The highest BCUT2D eigenvalue weighted by Crippen LogP contribution is 2.23. The van der Waals surface area contributed by atoms with Crippen molar-refractivity contribution in [2.75, 3.05) is 19.6 Å². The van der Waals surface area contributed by atoms with E-state index in [0.29, 0.717) is 18.5 Å². The van der Waals surface area contributed by atoms with E-state index in [1.54, 1.807) is 0 Å². The molecule has 1 aromatic heterocycles. The molecule has 2 heterocycles. The average Bonchev–Trinajstić information content (AvgIpc) is 3.17. The lowest BCUT2D eigenvalue weighted by Crippen LogP contribution is -2.28. The Labute approximate surface area is 209 Å². The highest BCUT2D eigenvalue weighted by atomic mass is 19.1. The largest absolute Gasteiger partial charge is 0.457 e. The molecule has 5 rings (SSSR count). The van der Waals surface area contributed by atoms with Gasteiger partial charge in [-0.3, -0.25) is 9.69 Å². The van der Waals surface area contributed by atoms with Crippen molar-refractivity contribution in [1.82, 2.24) is 25.0 Å². The van der Waals surface area contributed by atoms with Crippen molar-refractivity contribution in [2.24, 2.45) is 0 Å². The molecule has 0 saturated heterocycles. The van der Waals surface area contributed by atoms with Crippen LogP contribution in [0.3, 0.4) is 0 Å². The third-order valence-electron chi connectivity index (χ3n) is 6.22. The van der Waals surface area contributed by atoms with Crippen LogP contribution >= 0.6 is 0 Å². The van der Waals surface area contributed by atoms with Gasteiger partial charge < -0.3 is 14.6 Å². The highest BCUT2D eigenvalue weighted by molar-refractivity contribution is 5.94. The van der Waals surface area contributed by atoms with Crippen LogP contribution in [0.4, 0.5) is 4.39 Å². The molecule has 0 unspecified atom stereocenters. The molecular weight excluding hydrogens is 457 g/mol. The number of halogens is 1. The monoisotopic (exact) mass is 485 g/mol. The van der Waals surface area contributed by atoms with E-state index < -0.39 is 0 Å². The van der Waals surface area contributed by atoms with Crippen LogP contribution in [-0.4, -0.2) is 45.2 Å². The number of benzene rings is 3. The number of amides is 1. The molecule has 36 heavy (non-hydrogen) atoms. The van der Waals surface area contributed by atoms with E-state index in [0.717, 1.165) is 55.7 Å². The van der Waals surface area contributed by atoms with E-state index in [2.05, 4.69) is 37.1 Å². The second-order valence-corrected chi connectivity index (χ2v) is 8.79. The fourth-order valence-corrected chi connectivity index (χ4v) is 4.35. The van der Waals surface area contributed by atoms with Crippen molar-refractivity contribution in [2.45, 2.75) is 25.9 Å². The Morgan fingerprint density at radius 1 is 0.917 bits per heavy atom. The minimum Gasteiger partial charge on any atom is -0.457 e. The predicted octanol–water partition coefficient (Wildman–Crippen LogP) is 4.24. The molecule has 7 nitrogen and oxygen atoms in total. The van der Waals surface area contributed by atoms with Gasteiger partial charge >= 0.3 is 0 Å². The number of para-hydroxylation sites is 1. The lowest BCUT2D eigenvalue weighted by Gasteiger charge is -2.20. The lowest BCUT2D eigenvalue weighted by atomic mass is 10.2. The SMILES string of the molecule is O=C(NCCc1nnc2n1CCN(Cc1cccc(Oc3ccccc3)c1)CC2)c1ccc(F)cc1. The highest BCUT2D eigenvalue weighted by Gasteiger charge is 2.19. The fourth-order valence-electron chi connectivity index (χ4n) is 4.35. The smallest absolute Gasteiger partial charge is 0.251 e. The van der Waals surface area contributed by atoms with Gasteiger partial charge in [0.15, 0.2) is 0 Å². The predicted molar refractivity (Wildman–Crippen MR) is 134 cm³/mol. The van der Waals surface area contributed by atoms with Gasteiger partial charge in [-0.05, 0) is 54.1 Å². The zero-order valence-corrected chi connectivity index (χ0v) is 19.9. The van der Waals surface area contributed by atoms with E-state index in [1.807, 2.05) is 42.5 Å². The van der Waals surface area contributed by atoms with Crippen LogP contribution in [0.25, 0.3) is 0 Å². The normalized spacial score (nSPS) is 13.6. The van der Waals surface area contributed by atoms with Gasteiger partial charge in [-0.15, -0.1) is 10.2 Å². The van der Waals surface area contributed by atoms with Crippen LogP contribution in [0.15, 0.2) is 78.9 Å². The van der Waals surface area contributed by atoms with Gasteiger partial charge in [-0.1, -0.05) is 30.3 Å². The first-order chi connectivity index (χ1) is 17.6. The molecule has 1 aliphatic heterocycles. The summed E-state index contributed by atoms with van der Waals surface area (Å²) in [4.78, 5) is 14.7. The summed E-state index contributed by atoms with van der Waals surface area (Å²) in [6.45, 7) is 3.83. The van der Waals surface area contributed by atoms with Gasteiger partial charge in [0, 0.05) is 51.1 Å². The van der Waals surface area contributed by atoms with Gasteiger partial charge in [-0.25, -0.2) is 4.39 Å². The summed E-state index contributed by atoms with van der Waals surface area (Å²) in [6.07, 6.45) is 1.40. The molecule has 0 radical (unpaired) electrons. The van der Waals surface area contributed by atoms with Gasteiger partial charge in [0.1, 0.15) is 29.0 Å². The van der Waals surface area contributed by atoms with Crippen LogP contribution in [0, 0.1) is 5.82 Å². The number of nitrogens with zero attached hydrogens (tertiary/aromatic N) is 4. The molecular formula is C28H28FN5O2. The number of hydrogen-bond donors (Lipinski definition) is 1. The van der Waals surface area contributed by atoms with Gasteiger partial charge in [0.2, 0.25) is 0 Å². The maximum absolute atomic E-state index is 13.1. The molecule has 0 fully saturated rings. The fraction of sp³-hybridized carbons (Fsp3) is 0.250. The minimum atomic E-state index is -0.361. The second kappa shape index (κ2) is 11.1. The Morgan fingerprint density at radius 2 is 1.72 bits per heavy atom. The Morgan fingerprint density at radius 3 is 2.56 bits per heavy atom. The maximum atomic E-state index is 13.1. The molecule has 184 valence electrons. The van der Waals surface area contributed by atoms with E-state index in [1.165, 1.54) is 29.8 Å². The summed E-state index contributed by atoms with van der Waals surface area (Å²) in [5, 5.41) is 11.6. The first-order valence-electron chi connectivity index (χ1n) is 12.1. The molecule has 1 N–H and O–H groups in total. The van der Waals surface area contributed by atoms with Crippen molar-refractivity contribution in [3.63, 3.8) is 0 Å². The summed E-state index contributed by atoms with van der Waals surface area (Å²) in [6, 6.07) is 23.5. The number of fused-ring (bicyclic) bond motifs is 1. The Hall–Kier alpha value is -4.04. The molecule has 8 heteroatoms. The first-order valence-corrected chi connectivity index (χ1v) is 12.1. The molecule has 0 aliphatic carbocycles. The average molecular weight is 486 g/mol. The Bertz CT molecular complexity index is 1310. The van der Waals surface area contributed by atoms with Crippen LogP contribution in [-0.2, 0) is 25.9 Å². The number of carbonyl (C=O) groups excluding carboxylic acids is 1. The second-order valence-electron chi connectivity index (χ2n) is 8.79. The number of hydrogen-bond acceptors (Lipinski definition) is 5. The van der Waals surface area contributed by atoms with Crippen LogP contribution in [0.5, 0.6) is 11.5 Å². The molecule has 4 aromatic rings. The van der Waals surface area contributed by atoms with E-state index in [9.17, 15) is 9.18 Å². The molecule has 0 bridgehead atoms. The third kappa shape index (κ3) is 5.95. The topological polar surface area (TPSA) is 72.3 Å². The standard InChI is InChI=1S/C28H28FN5O2/c29-23-11-9-22(10-12-23)28(35)30-15-13-26-31-32-27-14-16-33(17-18-34(26)27)20-21-5-4-8-25(19-21)36-24-6-2-1-3-7-24/h1-12,19H,13-18,20H2,(H,30,35). The van der Waals surface area contributed by atoms with Crippen molar-refractivity contribution in [3.8, 4) is 11.5 Å². The molecule has 0 saturated carbocycles. The minimum absolute atomic E-state index is 0.227. The Balaban J connectivity index is 1.14. The van der Waals surface area contributed by atoms with Crippen molar-refractivity contribution in [3.05, 3.63) is 107 Å². The molecule has 0 atom stereocenters. The number of aromatic nitrogens is 3. The summed E-state index contributed by atoms with van der Waals surface area (Å²) in [5.41, 5.74) is 1.63. The van der Waals surface area contributed by atoms with E-state index >= 15 is 0 Å². The third-order valence-corrected chi connectivity index (χ3v) is 6.22. The molecule has 0 spiro atoms. The van der Waals surface area contributed by atoms with Crippen molar-refractivity contribution in [1.29, 1.82) is 0 Å². The number of ether oxygens (including phenoxy) is 1. The molecule has 3 aromatic carbocycles. The Kier molecular flexibility index (Phi) is 7.33. The lowest BCUT2D eigenvalue weighted by molar-refractivity contribution is 0.0954. The summed E-state index contributed by atoms with van der Waals surface area (Å²) in [5.74, 6) is 2.90. The van der Waals surface area contributed by atoms with Crippen LogP contribution in [0.2, 0.25) is 0 Å². The van der Waals surface area contributed by atoms with Gasteiger partial charge in [0.25, 0.3) is 5.91 Å². The number of carbonyl (C=O) groups is 1.